The number of rotatable bonds is 4. The lowest BCUT2D eigenvalue weighted by molar-refractivity contribution is 0.102. The van der Waals surface area contributed by atoms with Gasteiger partial charge in [0.15, 0.2) is 0 Å². The number of para-hydroxylation sites is 1. The molecule has 0 unspecified atom stereocenters. The largest absolute Gasteiger partial charge is 0.495 e. The van der Waals surface area contributed by atoms with Gasteiger partial charge in [-0.2, -0.15) is 0 Å². The Morgan fingerprint density at radius 2 is 1.73 bits per heavy atom. The maximum absolute atomic E-state index is 13.4. The van der Waals surface area contributed by atoms with Crippen molar-refractivity contribution in [2.75, 3.05) is 12.4 Å². The van der Waals surface area contributed by atoms with Crippen LogP contribution in [0.1, 0.15) is 21.5 Å². The molecule has 0 saturated carbocycles. The van der Waals surface area contributed by atoms with Crippen molar-refractivity contribution in [2.24, 2.45) is 0 Å². The van der Waals surface area contributed by atoms with Crippen molar-refractivity contribution in [2.45, 2.75) is 13.8 Å². The maximum Gasteiger partial charge on any atom is 0.256 e. The average Bonchev–Trinajstić information content (AvgIpc) is 2.74. The normalized spacial score (nSPS) is 10.8. The topological polar surface area (TPSA) is 51.2 Å². The predicted octanol–water partition coefficient (Wildman–Crippen LogP) is 6.43. The number of hydrogen-bond donors (Lipinski definition) is 1. The minimum absolute atomic E-state index is 0.236. The van der Waals surface area contributed by atoms with Gasteiger partial charge in [0.1, 0.15) is 5.75 Å². The van der Waals surface area contributed by atoms with E-state index in [0.717, 1.165) is 27.7 Å². The summed E-state index contributed by atoms with van der Waals surface area (Å²) < 4.78 is 5.37. The first-order valence-corrected chi connectivity index (χ1v) is 9.97. The molecule has 0 aliphatic carbocycles. The zero-order valence-corrected chi connectivity index (χ0v) is 17.7. The fourth-order valence-electron chi connectivity index (χ4n) is 3.56. The molecule has 4 aromatic rings. The van der Waals surface area contributed by atoms with Gasteiger partial charge >= 0.3 is 0 Å². The van der Waals surface area contributed by atoms with E-state index in [1.165, 1.54) is 5.56 Å². The van der Waals surface area contributed by atoms with Crippen LogP contribution in [0, 0.1) is 13.8 Å². The van der Waals surface area contributed by atoms with Gasteiger partial charge in [0.2, 0.25) is 0 Å². The van der Waals surface area contributed by atoms with E-state index >= 15 is 0 Å². The molecule has 1 N–H and O–H groups in total. The number of halogens is 1. The third-order valence-corrected chi connectivity index (χ3v) is 5.33. The van der Waals surface area contributed by atoms with E-state index in [0.29, 0.717) is 22.0 Å². The molecule has 0 aliphatic rings. The molecular weight excluding hydrogens is 396 g/mol. The van der Waals surface area contributed by atoms with Crippen LogP contribution in [0.3, 0.4) is 0 Å². The van der Waals surface area contributed by atoms with Crippen LogP contribution >= 0.6 is 11.6 Å². The van der Waals surface area contributed by atoms with Gasteiger partial charge in [0.25, 0.3) is 5.91 Å². The molecule has 5 heteroatoms. The number of fused-ring (bicyclic) bond motifs is 1. The summed E-state index contributed by atoms with van der Waals surface area (Å²) in [5, 5.41) is 4.28. The molecule has 0 atom stereocenters. The monoisotopic (exact) mass is 416 g/mol. The van der Waals surface area contributed by atoms with Crippen molar-refractivity contribution in [1.82, 2.24) is 4.98 Å². The van der Waals surface area contributed by atoms with Crippen molar-refractivity contribution in [1.29, 1.82) is 0 Å². The highest BCUT2D eigenvalue weighted by atomic mass is 35.5. The number of carbonyl (C=O) groups is 1. The van der Waals surface area contributed by atoms with Gasteiger partial charge in [-0.1, -0.05) is 59.6 Å². The number of amides is 1. The molecule has 150 valence electrons. The number of aromatic nitrogens is 1. The number of aryl methyl sites for hydroxylation is 1. The smallest absolute Gasteiger partial charge is 0.256 e. The molecule has 1 amide bonds. The molecule has 0 fully saturated rings. The number of pyridine rings is 1. The van der Waals surface area contributed by atoms with Crippen LogP contribution in [0.2, 0.25) is 5.02 Å². The number of carbonyl (C=O) groups excluding carboxylic acids is 1. The summed E-state index contributed by atoms with van der Waals surface area (Å²) >= 11 is 6.13. The number of nitrogens with one attached hydrogen (secondary N) is 1. The van der Waals surface area contributed by atoms with Gasteiger partial charge in [-0.05, 0) is 43.7 Å². The number of hydrogen-bond acceptors (Lipinski definition) is 3. The van der Waals surface area contributed by atoms with E-state index in [9.17, 15) is 4.79 Å². The molecule has 3 aromatic carbocycles. The third-order valence-electron chi connectivity index (χ3n) is 5.10. The summed E-state index contributed by atoms with van der Waals surface area (Å²) in [5.41, 5.74) is 5.61. The first-order chi connectivity index (χ1) is 14.5. The number of ether oxygens (including phenoxy) is 1. The SMILES string of the molecule is COc1ccc(Cl)cc1NC(=O)c1c(C)c(-c2ccc(C)cc2)nc2ccccc12. The second-order valence-electron chi connectivity index (χ2n) is 7.14. The van der Waals surface area contributed by atoms with E-state index in [2.05, 4.69) is 5.32 Å². The van der Waals surface area contributed by atoms with Crippen LogP contribution in [0.5, 0.6) is 5.75 Å². The van der Waals surface area contributed by atoms with Crippen molar-refractivity contribution in [3.63, 3.8) is 0 Å². The highest BCUT2D eigenvalue weighted by molar-refractivity contribution is 6.31. The molecule has 1 heterocycles. The minimum atomic E-state index is -0.236. The molecule has 4 rings (SSSR count). The van der Waals surface area contributed by atoms with Crippen LogP contribution in [-0.4, -0.2) is 18.0 Å². The molecular formula is C25H21ClN2O2. The molecule has 0 aliphatic heterocycles. The van der Waals surface area contributed by atoms with Crippen LogP contribution in [-0.2, 0) is 0 Å². The van der Waals surface area contributed by atoms with Gasteiger partial charge in [0, 0.05) is 16.0 Å². The fraction of sp³-hybridized carbons (Fsp3) is 0.120. The molecule has 4 nitrogen and oxygen atoms in total. The number of anilines is 1. The highest BCUT2D eigenvalue weighted by Crippen LogP contribution is 2.32. The van der Waals surface area contributed by atoms with Crippen molar-refractivity contribution in [3.05, 3.63) is 88.4 Å². The Kier molecular flexibility index (Phi) is 5.42. The molecule has 30 heavy (non-hydrogen) atoms. The molecule has 0 spiro atoms. The maximum atomic E-state index is 13.4. The van der Waals surface area contributed by atoms with Gasteiger partial charge < -0.3 is 10.1 Å². The minimum Gasteiger partial charge on any atom is -0.495 e. The number of nitrogens with zero attached hydrogens (tertiary/aromatic N) is 1. The Balaban J connectivity index is 1.87. The van der Waals surface area contributed by atoms with Crippen LogP contribution < -0.4 is 10.1 Å². The molecule has 0 saturated heterocycles. The summed E-state index contributed by atoms with van der Waals surface area (Å²) in [4.78, 5) is 18.3. The summed E-state index contributed by atoms with van der Waals surface area (Å²) in [5.74, 6) is 0.308. The third kappa shape index (κ3) is 3.74. The molecule has 1 aromatic heterocycles. The van der Waals surface area contributed by atoms with E-state index in [1.54, 1.807) is 25.3 Å². The number of methoxy groups -OCH3 is 1. The average molecular weight is 417 g/mol. The predicted molar refractivity (Wildman–Crippen MR) is 123 cm³/mol. The Morgan fingerprint density at radius 1 is 1.00 bits per heavy atom. The molecule has 0 bridgehead atoms. The Bertz CT molecular complexity index is 1250. The second-order valence-corrected chi connectivity index (χ2v) is 7.58. The second kappa shape index (κ2) is 8.17. The van der Waals surface area contributed by atoms with Crippen LogP contribution in [0.15, 0.2) is 66.7 Å². The number of benzene rings is 3. The van der Waals surface area contributed by atoms with Gasteiger partial charge in [-0.15, -0.1) is 0 Å². The molecule has 0 radical (unpaired) electrons. The van der Waals surface area contributed by atoms with Crippen molar-refractivity contribution >= 4 is 34.1 Å². The summed E-state index contributed by atoms with van der Waals surface area (Å²) in [6.07, 6.45) is 0. The summed E-state index contributed by atoms with van der Waals surface area (Å²) in [7, 11) is 1.56. The Hall–Kier alpha value is -3.37. The fourth-order valence-corrected chi connectivity index (χ4v) is 3.73. The Labute approximate surface area is 180 Å². The zero-order valence-electron chi connectivity index (χ0n) is 17.0. The first-order valence-electron chi connectivity index (χ1n) is 9.59. The lowest BCUT2D eigenvalue weighted by Crippen LogP contribution is -2.16. The van der Waals surface area contributed by atoms with Crippen LogP contribution in [0.4, 0.5) is 5.69 Å². The lowest BCUT2D eigenvalue weighted by atomic mass is 9.96. The van der Waals surface area contributed by atoms with Crippen molar-refractivity contribution < 1.29 is 9.53 Å². The zero-order chi connectivity index (χ0) is 21.3. The van der Waals surface area contributed by atoms with Crippen LogP contribution in [0.25, 0.3) is 22.2 Å². The van der Waals surface area contributed by atoms with Crippen molar-refractivity contribution in [3.8, 4) is 17.0 Å². The van der Waals surface area contributed by atoms with E-state index in [4.69, 9.17) is 21.3 Å². The standard InChI is InChI=1S/C25H21ClN2O2/c1-15-8-10-17(11-9-15)24-16(2)23(19-6-4-5-7-20(19)27-24)25(29)28-21-14-18(26)12-13-22(21)30-3/h4-14H,1-3H3,(H,28,29). The van der Waals surface area contributed by atoms with Gasteiger partial charge in [0.05, 0.1) is 29.6 Å². The van der Waals surface area contributed by atoms with Gasteiger partial charge in [-0.25, -0.2) is 4.98 Å². The highest BCUT2D eigenvalue weighted by Gasteiger charge is 2.20. The van der Waals surface area contributed by atoms with E-state index in [1.807, 2.05) is 62.4 Å². The van der Waals surface area contributed by atoms with Gasteiger partial charge in [-0.3, -0.25) is 4.79 Å². The summed E-state index contributed by atoms with van der Waals surface area (Å²) in [6.45, 7) is 3.97. The lowest BCUT2D eigenvalue weighted by Gasteiger charge is -2.16. The Morgan fingerprint density at radius 3 is 2.47 bits per heavy atom. The quantitative estimate of drug-likeness (QED) is 0.417. The van der Waals surface area contributed by atoms with E-state index < -0.39 is 0 Å². The van der Waals surface area contributed by atoms with E-state index in [-0.39, 0.29) is 5.91 Å². The first kappa shape index (κ1) is 19.9. The summed E-state index contributed by atoms with van der Waals surface area (Å²) in [6, 6.07) is 20.9.